The first kappa shape index (κ1) is 9.40. The highest BCUT2D eigenvalue weighted by Gasteiger charge is 2.49. The summed E-state index contributed by atoms with van der Waals surface area (Å²) in [6, 6.07) is 2.30. The normalized spacial score (nSPS) is 23.1. The number of fused-ring (bicyclic) bond motifs is 2. The first-order chi connectivity index (χ1) is 7.23. The molecule has 0 amide bonds. The molecule has 2 aliphatic rings. The topological polar surface area (TPSA) is 21.1 Å². The minimum Gasteiger partial charge on any atom is -0.298 e. The Morgan fingerprint density at radius 2 is 2.27 bits per heavy atom. The lowest BCUT2D eigenvalue weighted by Crippen LogP contribution is -2.40. The van der Waals surface area contributed by atoms with Gasteiger partial charge < -0.3 is 0 Å². The van der Waals surface area contributed by atoms with Crippen LogP contribution in [0.2, 0.25) is 0 Å². The molecule has 0 unspecified atom stereocenters. The molecule has 1 spiro atoms. The van der Waals surface area contributed by atoms with Crippen molar-refractivity contribution in [1.29, 1.82) is 0 Å². The van der Waals surface area contributed by atoms with Crippen LogP contribution in [0.4, 0.5) is 0 Å². The molecule has 15 heavy (non-hydrogen) atoms. The average molecular weight is 205 g/mol. The van der Waals surface area contributed by atoms with E-state index in [9.17, 15) is 0 Å². The molecule has 2 heterocycles. The van der Waals surface area contributed by atoms with Crippen molar-refractivity contribution in [1.82, 2.24) is 14.7 Å². The van der Waals surface area contributed by atoms with Gasteiger partial charge in [0.15, 0.2) is 0 Å². The van der Waals surface area contributed by atoms with Gasteiger partial charge in [-0.25, -0.2) is 0 Å². The van der Waals surface area contributed by atoms with E-state index in [1.165, 1.54) is 37.2 Å². The van der Waals surface area contributed by atoms with Crippen LogP contribution in [-0.4, -0.2) is 28.3 Å². The fourth-order valence-electron chi connectivity index (χ4n) is 2.79. The van der Waals surface area contributed by atoms with Crippen molar-refractivity contribution in [3.8, 4) is 0 Å². The number of hydrogen-bond donors (Lipinski definition) is 0. The standard InChI is InChI=1S/C12H19N3/c1-3-4-10-7-11-8-14(2)9-12(5-6-12)15(11)13-10/h7H,3-6,8-9H2,1-2H3. The van der Waals surface area contributed by atoms with Gasteiger partial charge in [0.05, 0.1) is 16.9 Å². The van der Waals surface area contributed by atoms with Crippen LogP contribution in [0.3, 0.4) is 0 Å². The molecule has 1 aliphatic carbocycles. The molecule has 0 saturated heterocycles. The Bertz CT molecular complexity index is 376. The van der Waals surface area contributed by atoms with E-state index in [1.807, 2.05) is 0 Å². The second kappa shape index (κ2) is 3.08. The van der Waals surface area contributed by atoms with Crippen molar-refractivity contribution in [2.24, 2.45) is 0 Å². The predicted octanol–water partition coefficient (Wildman–Crippen LogP) is 1.77. The monoisotopic (exact) mass is 205 g/mol. The van der Waals surface area contributed by atoms with Crippen LogP contribution in [-0.2, 0) is 18.5 Å². The molecule has 1 aromatic heterocycles. The molecule has 0 N–H and O–H groups in total. The zero-order valence-electron chi connectivity index (χ0n) is 9.66. The largest absolute Gasteiger partial charge is 0.298 e. The number of aryl methyl sites for hydroxylation is 1. The first-order valence-electron chi connectivity index (χ1n) is 6.00. The molecule has 1 saturated carbocycles. The Morgan fingerprint density at radius 1 is 1.47 bits per heavy atom. The maximum Gasteiger partial charge on any atom is 0.0759 e. The molecule has 82 valence electrons. The lowest BCUT2D eigenvalue weighted by Gasteiger charge is -2.31. The molecule has 3 nitrogen and oxygen atoms in total. The maximum atomic E-state index is 4.78. The van der Waals surface area contributed by atoms with Gasteiger partial charge in [0, 0.05) is 13.1 Å². The zero-order valence-corrected chi connectivity index (χ0v) is 9.66. The third-order valence-electron chi connectivity index (χ3n) is 3.61. The second-order valence-electron chi connectivity index (χ2n) is 5.19. The molecule has 1 aliphatic heterocycles. The van der Waals surface area contributed by atoms with Crippen molar-refractivity contribution in [2.75, 3.05) is 13.6 Å². The van der Waals surface area contributed by atoms with Gasteiger partial charge in [0.25, 0.3) is 0 Å². The summed E-state index contributed by atoms with van der Waals surface area (Å²) in [5.41, 5.74) is 3.09. The number of aromatic nitrogens is 2. The summed E-state index contributed by atoms with van der Waals surface area (Å²) in [6.07, 6.45) is 4.95. The lowest BCUT2D eigenvalue weighted by molar-refractivity contribution is 0.193. The Balaban J connectivity index is 1.97. The fraction of sp³-hybridized carbons (Fsp3) is 0.750. The summed E-state index contributed by atoms with van der Waals surface area (Å²) >= 11 is 0. The third-order valence-corrected chi connectivity index (χ3v) is 3.61. The smallest absolute Gasteiger partial charge is 0.0759 e. The number of rotatable bonds is 2. The predicted molar refractivity (Wildman–Crippen MR) is 59.8 cm³/mol. The van der Waals surface area contributed by atoms with Crippen molar-refractivity contribution >= 4 is 0 Å². The summed E-state index contributed by atoms with van der Waals surface area (Å²) in [5, 5.41) is 4.78. The van der Waals surface area contributed by atoms with Crippen molar-refractivity contribution in [2.45, 2.75) is 44.7 Å². The van der Waals surface area contributed by atoms with Crippen molar-refractivity contribution < 1.29 is 0 Å². The van der Waals surface area contributed by atoms with Crippen LogP contribution in [0, 0.1) is 0 Å². The van der Waals surface area contributed by atoms with Gasteiger partial charge in [-0.1, -0.05) is 13.3 Å². The second-order valence-corrected chi connectivity index (χ2v) is 5.19. The lowest BCUT2D eigenvalue weighted by atomic mass is 10.1. The van der Waals surface area contributed by atoms with Gasteiger partial charge >= 0.3 is 0 Å². The third kappa shape index (κ3) is 1.41. The Labute approximate surface area is 91.1 Å². The van der Waals surface area contributed by atoms with Gasteiger partial charge in [-0.05, 0) is 32.4 Å². The molecule has 0 radical (unpaired) electrons. The molecular formula is C12H19N3. The average Bonchev–Trinajstić information content (AvgIpc) is 2.80. The minimum atomic E-state index is 0.383. The van der Waals surface area contributed by atoms with Crippen LogP contribution in [0.15, 0.2) is 6.07 Å². The number of hydrogen-bond acceptors (Lipinski definition) is 2. The van der Waals surface area contributed by atoms with Crippen molar-refractivity contribution in [3.05, 3.63) is 17.5 Å². The number of likely N-dealkylation sites (N-methyl/N-ethyl adjacent to an activating group) is 1. The highest BCUT2D eigenvalue weighted by Crippen LogP contribution is 2.46. The Hall–Kier alpha value is -0.830. The van der Waals surface area contributed by atoms with Crippen LogP contribution in [0.5, 0.6) is 0 Å². The van der Waals surface area contributed by atoms with E-state index in [0.717, 1.165) is 13.0 Å². The van der Waals surface area contributed by atoms with E-state index in [1.54, 1.807) is 0 Å². The fourth-order valence-corrected chi connectivity index (χ4v) is 2.79. The van der Waals surface area contributed by atoms with E-state index >= 15 is 0 Å². The number of nitrogens with zero attached hydrogens (tertiary/aromatic N) is 3. The molecular weight excluding hydrogens is 186 g/mol. The van der Waals surface area contributed by atoms with E-state index in [4.69, 9.17) is 5.10 Å². The van der Waals surface area contributed by atoms with Gasteiger partial charge in [-0.15, -0.1) is 0 Å². The molecule has 3 rings (SSSR count). The van der Waals surface area contributed by atoms with Crippen LogP contribution < -0.4 is 0 Å². The van der Waals surface area contributed by atoms with Gasteiger partial charge in [0.1, 0.15) is 0 Å². The SMILES string of the molecule is CCCc1cc2n(n1)C1(CC1)CN(C)C2. The summed E-state index contributed by atoms with van der Waals surface area (Å²) in [7, 11) is 2.22. The van der Waals surface area contributed by atoms with Gasteiger partial charge in [0.2, 0.25) is 0 Å². The summed E-state index contributed by atoms with van der Waals surface area (Å²) < 4.78 is 2.33. The molecule has 0 atom stereocenters. The summed E-state index contributed by atoms with van der Waals surface area (Å²) in [4.78, 5) is 2.43. The Kier molecular flexibility index (Phi) is 1.93. The molecule has 1 fully saturated rings. The van der Waals surface area contributed by atoms with Gasteiger partial charge in [-0.2, -0.15) is 5.10 Å². The van der Waals surface area contributed by atoms with E-state index in [-0.39, 0.29) is 0 Å². The maximum absolute atomic E-state index is 4.78. The van der Waals surface area contributed by atoms with Crippen LogP contribution in [0.1, 0.15) is 37.6 Å². The quantitative estimate of drug-likeness (QED) is 0.733. The molecule has 0 bridgehead atoms. The Morgan fingerprint density at radius 3 is 2.93 bits per heavy atom. The zero-order chi connectivity index (χ0) is 10.5. The molecule has 3 heteroatoms. The van der Waals surface area contributed by atoms with Crippen molar-refractivity contribution in [3.63, 3.8) is 0 Å². The highest BCUT2D eigenvalue weighted by molar-refractivity contribution is 5.19. The summed E-state index contributed by atoms with van der Waals surface area (Å²) in [5.74, 6) is 0. The highest BCUT2D eigenvalue weighted by atomic mass is 15.4. The van der Waals surface area contributed by atoms with Crippen LogP contribution >= 0.6 is 0 Å². The molecule has 1 aromatic rings. The van der Waals surface area contributed by atoms with E-state index in [0.29, 0.717) is 5.54 Å². The van der Waals surface area contributed by atoms with E-state index in [2.05, 4.69) is 29.6 Å². The first-order valence-corrected chi connectivity index (χ1v) is 6.00. The van der Waals surface area contributed by atoms with E-state index < -0.39 is 0 Å². The van der Waals surface area contributed by atoms with Gasteiger partial charge in [-0.3, -0.25) is 9.58 Å². The molecule has 0 aromatic carbocycles. The summed E-state index contributed by atoms with van der Waals surface area (Å²) in [6.45, 7) is 4.48. The van der Waals surface area contributed by atoms with Crippen LogP contribution in [0.25, 0.3) is 0 Å². The minimum absolute atomic E-state index is 0.383.